The summed E-state index contributed by atoms with van der Waals surface area (Å²) in [5, 5.41) is 0. The molecule has 0 amide bonds. The monoisotopic (exact) mass is 319 g/mol. The minimum absolute atomic E-state index is 0.711. The summed E-state index contributed by atoms with van der Waals surface area (Å²) in [7, 11) is 0. The van der Waals surface area contributed by atoms with Crippen LogP contribution in [0.5, 0.6) is 0 Å². The topological polar surface area (TPSA) is 21.5 Å². The van der Waals surface area contributed by atoms with Crippen molar-refractivity contribution in [1.29, 1.82) is 0 Å². The summed E-state index contributed by atoms with van der Waals surface area (Å²) in [6.07, 6.45) is 2.85. The van der Waals surface area contributed by atoms with Gasteiger partial charge in [-0.05, 0) is 52.7 Å². The average Bonchev–Trinajstić information content (AvgIpc) is 2.93. The number of nitrogens with zero attached hydrogens (tertiary/aromatic N) is 1. The molecule has 90 valence electrons. The zero-order valence-electron chi connectivity index (χ0n) is 9.68. The predicted octanol–water partition coefficient (Wildman–Crippen LogP) is 4.55. The van der Waals surface area contributed by atoms with Crippen molar-refractivity contribution in [3.63, 3.8) is 0 Å². The summed E-state index contributed by atoms with van der Waals surface area (Å²) in [6, 6.07) is 10.1. The van der Waals surface area contributed by atoms with E-state index in [2.05, 4.69) is 35.0 Å². The Kier molecular flexibility index (Phi) is 2.84. The van der Waals surface area contributed by atoms with Gasteiger partial charge in [-0.3, -0.25) is 4.79 Å². The van der Waals surface area contributed by atoms with Gasteiger partial charge >= 0.3 is 0 Å². The minimum Gasteiger partial charge on any atom is -0.313 e. The number of hydrogen-bond donors (Lipinski definition) is 0. The van der Waals surface area contributed by atoms with Crippen molar-refractivity contribution >= 4 is 39.1 Å². The van der Waals surface area contributed by atoms with Crippen molar-refractivity contribution in [2.75, 3.05) is 0 Å². The van der Waals surface area contributed by atoms with Crippen LogP contribution in [0.2, 0.25) is 0 Å². The lowest BCUT2D eigenvalue weighted by atomic mass is 10.2. The molecule has 0 N–H and O–H groups in total. The Morgan fingerprint density at radius 1 is 1.33 bits per heavy atom. The summed E-state index contributed by atoms with van der Waals surface area (Å²) >= 11 is 5.09. The van der Waals surface area contributed by atoms with Crippen molar-refractivity contribution in [2.45, 2.75) is 6.92 Å². The van der Waals surface area contributed by atoms with E-state index >= 15 is 0 Å². The highest BCUT2D eigenvalue weighted by Gasteiger charge is 2.13. The first-order valence-electron chi connectivity index (χ1n) is 5.52. The molecule has 0 atom stereocenters. The van der Waals surface area contributed by atoms with Gasteiger partial charge in [-0.1, -0.05) is 6.07 Å². The number of aldehydes is 1. The number of carbonyl (C=O) groups is 1. The van der Waals surface area contributed by atoms with E-state index in [4.69, 9.17) is 0 Å². The molecule has 2 nitrogen and oxygen atoms in total. The number of pyridine rings is 1. The first-order chi connectivity index (χ1) is 8.70. The molecule has 0 aliphatic carbocycles. The molecule has 0 saturated carbocycles. The fourth-order valence-corrected chi connectivity index (χ4v) is 3.55. The molecule has 0 saturated heterocycles. The number of fused-ring (bicyclic) bond motifs is 1. The van der Waals surface area contributed by atoms with Crippen LogP contribution in [-0.4, -0.2) is 10.7 Å². The van der Waals surface area contributed by atoms with E-state index in [0.29, 0.717) is 5.69 Å². The maximum Gasteiger partial charge on any atom is 0.167 e. The van der Waals surface area contributed by atoms with Gasteiger partial charge in [-0.25, -0.2) is 0 Å². The summed E-state index contributed by atoms with van der Waals surface area (Å²) < 4.78 is 3.02. The number of halogens is 1. The Morgan fingerprint density at radius 3 is 2.83 bits per heavy atom. The highest BCUT2D eigenvalue weighted by molar-refractivity contribution is 9.11. The fourth-order valence-electron chi connectivity index (χ4n) is 2.14. The third-order valence-corrected chi connectivity index (χ3v) is 4.67. The SMILES string of the molecule is Cc1cccn2c(C=O)c(-c3ccc(Br)s3)cc12. The number of aromatic nitrogens is 1. The van der Waals surface area contributed by atoms with Gasteiger partial charge in [0.15, 0.2) is 6.29 Å². The van der Waals surface area contributed by atoms with Crippen molar-refractivity contribution < 1.29 is 4.79 Å². The highest BCUT2D eigenvalue weighted by atomic mass is 79.9. The molecule has 0 bridgehead atoms. The summed E-state index contributed by atoms with van der Waals surface area (Å²) in [5.41, 5.74) is 3.96. The van der Waals surface area contributed by atoms with Gasteiger partial charge < -0.3 is 4.40 Å². The number of aryl methyl sites for hydroxylation is 1. The highest BCUT2D eigenvalue weighted by Crippen LogP contribution is 2.35. The lowest BCUT2D eigenvalue weighted by Crippen LogP contribution is -1.92. The second-order valence-electron chi connectivity index (χ2n) is 4.11. The van der Waals surface area contributed by atoms with Gasteiger partial charge in [0.1, 0.15) is 0 Å². The molecule has 0 aromatic carbocycles. The van der Waals surface area contributed by atoms with Crippen LogP contribution in [0.4, 0.5) is 0 Å². The van der Waals surface area contributed by atoms with E-state index in [1.807, 2.05) is 28.8 Å². The van der Waals surface area contributed by atoms with E-state index in [1.54, 1.807) is 11.3 Å². The fraction of sp³-hybridized carbons (Fsp3) is 0.0714. The lowest BCUT2D eigenvalue weighted by molar-refractivity contribution is 0.111. The van der Waals surface area contributed by atoms with Gasteiger partial charge in [0.2, 0.25) is 0 Å². The summed E-state index contributed by atoms with van der Waals surface area (Å²) in [6.45, 7) is 2.05. The van der Waals surface area contributed by atoms with Crippen LogP contribution in [-0.2, 0) is 0 Å². The quantitative estimate of drug-likeness (QED) is 0.635. The first kappa shape index (κ1) is 11.7. The molecule has 4 heteroatoms. The van der Waals surface area contributed by atoms with Crippen LogP contribution < -0.4 is 0 Å². The van der Waals surface area contributed by atoms with Crippen LogP contribution in [0.3, 0.4) is 0 Å². The van der Waals surface area contributed by atoms with E-state index in [-0.39, 0.29) is 0 Å². The van der Waals surface area contributed by atoms with Crippen LogP contribution >= 0.6 is 27.3 Å². The molecule has 3 aromatic heterocycles. The number of rotatable bonds is 2. The normalized spacial score (nSPS) is 11.0. The van der Waals surface area contributed by atoms with Crippen molar-refractivity contribution in [3.05, 3.63) is 51.6 Å². The summed E-state index contributed by atoms with van der Waals surface area (Å²) in [5.74, 6) is 0. The maximum atomic E-state index is 11.4. The Labute approximate surface area is 117 Å². The predicted molar refractivity (Wildman–Crippen MR) is 78.5 cm³/mol. The van der Waals surface area contributed by atoms with E-state index in [9.17, 15) is 4.79 Å². The number of hydrogen-bond acceptors (Lipinski definition) is 2. The molecule has 0 radical (unpaired) electrons. The number of thiophene rings is 1. The van der Waals surface area contributed by atoms with Crippen LogP contribution in [0.1, 0.15) is 16.1 Å². The van der Waals surface area contributed by atoms with E-state index in [1.165, 1.54) is 5.56 Å². The molecule has 0 fully saturated rings. The van der Waals surface area contributed by atoms with Crippen molar-refractivity contribution in [2.24, 2.45) is 0 Å². The van der Waals surface area contributed by atoms with Gasteiger partial charge in [0.25, 0.3) is 0 Å². The molecule has 3 aromatic rings. The summed E-state index contributed by atoms with van der Waals surface area (Å²) in [4.78, 5) is 12.5. The van der Waals surface area contributed by atoms with Gasteiger partial charge in [-0.15, -0.1) is 11.3 Å². The zero-order valence-corrected chi connectivity index (χ0v) is 12.1. The van der Waals surface area contributed by atoms with Crippen LogP contribution in [0.25, 0.3) is 16.0 Å². The first-order valence-corrected chi connectivity index (χ1v) is 7.13. The second kappa shape index (κ2) is 4.37. The maximum absolute atomic E-state index is 11.4. The van der Waals surface area contributed by atoms with Crippen molar-refractivity contribution in [1.82, 2.24) is 4.40 Å². The Balaban J connectivity index is 2.36. The van der Waals surface area contributed by atoms with E-state index in [0.717, 1.165) is 26.0 Å². The molecular formula is C14H10BrNOS. The molecule has 18 heavy (non-hydrogen) atoms. The molecule has 0 aliphatic heterocycles. The largest absolute Gasteiger partial charge is 0.313 e. The standard InChI is InChI=1S/C14H10BrNOS/c1-9-3-2-6-16-11(9)7-10(12(16)8-17)13-4-5-14(15)18-13/h2-8H,1H3. The van der Waals surface area contributed by atoms with Gasteiger partial charge in [-0.2, -0.15) is 0 Å². The number of carbonyl (C=O) groups excluding carboxylic acids is 1. The van der Waals surface area contributed by atoms with Crippen molar-refractivity contribution in [3.8, 4) is 10.4 Å². The second-order valence-corrected chi connectivity index (χ2v) is 6.57. The zero-order chi connectivity index (χ0) is 12.7. The third kappa shape index (κ3) is 1.72. The molecule has 0 aliphatic rings. The Hall–Kier alpha value is -1.39. The molecule has 0 unspecified atom stereocenters. The third-order valence-electron chi connectivity index (χ3n) is 3.01. The van der Waals surface area contributed by atoms with Gasteiger partial charge in [0.05, 0.1) is 9.48 Å². The lowest BCUT2D eigenvalue weighted by Gasteiger charge is -1.99. The molecule has 3 rings (SSSR count). The molecular weight excluding hydrogens is 310 g/mol. The Bertz CT molecular complexity index is 741. The van der Waals surface area contributed by atoms with E-state index < -0.39 is 0 Å². The van der Waals surface area contributed by atoms with Crippen LogP contribution in [0.15, 0.2) is 40.3 Å². The van der Waals surface area contributed by atoms with Crippen LogP contribution in [0, 0.1) is 6.92 Å². The average molecular weight is 320 g/mol. The molecule has 3 heterocycles. The minimum atomic E-state index is 0.711. The van der Waals surface area contributed by atoms with Gasteiger partial charge in [0, 0.05) is 22.2 Å². The Morgan fingerprint density at radius 2 is 2.17 bits per heavy atom. The molecule has 0 spiro atoms. The smallest absolute Gasteiger partial charge is 0.167 e.